The van der Waals surface area contributed by atoms with Gasteiger partial charge in [-0.15, -0.1) is 11.3 Å². The van der Waals surface area contributed by atoms with Crippen LogP contribution in [0, 0.1) is 0 Å². The fourth-order valence-electron chi connectivity index (χ4n) is 0.931. The molecule has 1 aromatic rings. The number of carbonyl (C=O) groups excluding carboxylic acids is 1. The molecule has 0 atom stereocenters. The maximum atomic E-state index is 11.4. The van der Waals surface area contributed by atoms with E-state index in [9.17, 15) is 9.59 Å². The normalized spacial score (nSPS) is 9.88. The third-order valence-electron chi connectivity index (χ3n) is 1.48. The zero-order chi connectivity index (χ0) is 12.1. The van der Waals surface area contributed by atoms with Crippen molar-refractivity contribution < 1.29 is 24.2 Å². The van der Waals surface area contributed by atoms with Gasteiger partial charge in [-0.25, -0.2) is 9.59 Å². The third kappa shape index (κ3) is 3.39. The molecule has 5 nitrogen and oxygen atoms in total. The summed E-state index contributed by atoms with van der Waals surface area (Å²) >= 11 is 6.70. The number of hydrogen-bond acceptors (Lipinski definition) is 5. The molecule has 0 aliphatic rings. The molecule has 0 spiro atoms. The number of esters is 1. The second kappa shape index (κ2) is 5.72. The van der Waals surface area contributed by atoms with Gasteiger partial charge in [-0.2, -0.15) is 0 Å². The number of halogens is 1. The van der Waals surface area contributed by atoms with E-state index in [1.165, 1.54) is 6.07 Å². The first kappa shape index (κ1) is 12.8. The second-order valence-electron chi connectivity index (χ2n) is 2.65. The van der Waals surface area contributed by atoms with Crippen molar-refractivity contribution >= 4 is 34.9 Å². The Morgan fingerprint density at radius 1 is 1.56 bits per heavy atom. The standard InChI is InChI=1S/C9H9ClO5S/c1-2-14-9(13)8-5(3-6(10)16-8)15-4-7(11)12/h3H,2,4H2,1H3,(H,11,12). The first-order valence-electron chi connectivity index (χ1n) is 4.35. The Morgan fingerprint density at radius 3 is 2.81 bits per heavy atom. The molecule has 88 valence electrons. The molecule has 0 bridgehead atoms. The molecule has 7 heteroatoms. The number of thiophene rings is 1. The average Bonchev–Trinajstić information content (AvgIpc) is 2.57. The lowest BCUT2D eigenvalue weighted by Crippen LogP contribution is -2.11. The van der Waals surface area contributed by atoms with Gasteiger partial charge < -0.3 is 14.6 Å². The topological polar surface area (TPSA) is 72.8 Å². The number of aliphatic carboxylic acids is 1. The molecule has 0 aliphatic heterocycles. The van der Waals surface area contributed by atoms with Gasteiger partial charge in [-0.1, -0.05) is 11.6 Å². The van der Waals surface area contributed by atoms with E-state index in [0.29, 0.717) is 4.34 Å². The fraction of sp³-hybridized carbons (Fsp3) is 0.333. The Hall–Kier alpha value is -1.27. The molecule has 0 amide bonds. The molecule has 1 aromatic heterocycles. The molecular weight excluding hydrogens is 256 g/mol. The maximum Gasteiger partial charge on any atom is 0.352 e. The van der Waals surface area contributed by atoms with Crippen LogP contribution < -0.4 is 4.74 Å². The van der Waals surface area contributed by atoms with Crippen LogP contribution in [0.25, 0.3) is 0 Å². The van der Waals surface area contributed by atoms with Gasteiger partial charge in [0, 0.05) is 6.07 Å². The maximum absolute atomic E-state index is 11.4. The summed E-state index contributed by atoms with van der Waals surface area (Å²) < 4.78 is 10.0. The van der Waals surface area contributed by atoms with Gasteiger partial charge in [-0.3, -0.25) is 0 Å². The minimum Gasteiger partial charge on any atom is -0.480 e. The Labute approximate surface area is 101 Å². The van der Waals surface area contributed by atoms with Crippen LogP contribution >= 0.6 is 22.9 Å². The quantitative estimate of drug-likeness (QED) is 0.824. The van der Waals surface area contributed by atoms with Crippen LogP contribution in [0.5, 0.6) is 5.75 Å². The Kier molecular flexibility index (Phi) is 4.57. The zero-order valence-corrected chi connectivity index (χ0v) is 9.93. The summed E-state index contributed by atoms with van der Waals surface area (Å²) in [4.78, 5) is 21.9. The van der Waals surface area contributed by atoms with E-state index in [-0.39, 0.29) is 17.2 Å². The first-order valence-corrected chi connectivity index (χ1v) is 5.55. The number of carbonyl (C=O) groups is 2. The summed E-state index contributed by atoms with van der Waals surface area (Å²) in [6.45, 7) is 1.37. The van der Waals surface area contributed by atoms with Crippen LogP contribution in [0.1, 0.15) is 16.6 Å². The van der Waals surface area contributed by atoms with Gasteiger partial charge in [0.2, 0.25) is 0 Å². The van der Waals surface area contributed by atoms with Crippen LogP contribution in [0.3, 0.4) is 0 Å². The SMILES string of the molecule is CCOC(=O)c1sc(Cl)cc1OCC(=O)O. The molecule has 1 N–H and O–H groups in total. The summed E-state index contributed by atoms with van der Waals surface area (Å²) in [5, 5.41) is 8.44. The minimum absolute atomic E-state index is 0.135. The monoisotopic (exact) mass is 264 g/mol. The molecule has 0 fully saturated rings. The van der Waals surface area contributed by atoms with Gasteiger partial charge in [-0.05, 0) is 6.92 Å². The lowest BCUT2D eigenvalue weighted by Gasteiger charge is -2.03. The Bertz CT molecular complexity index is 401. The summed E-state index contributed by atoms with van der Waals surface area (Å²) in [6.07, 6.45) is 0. The first-order chi connectivity index (χ1) is 7.54. The van der Waals surface area contributed by atoms with Crippen molar-refractivity contribution in [1.82, 2.24) is 0 Å². The van der Waals surface area contributed by atoms with Crippen molar-refractivity contribution in [2.75, 3.05) is 13.2 Å². The molecule has 0 saturated heterocycles. The van der Waals surface area contributed by atoms with Crippen molar-refractivity contribution in [3.63, 3.8) is 0 Å². The van der Waals surface area contributed by atoms with Gasteiger partial charge >= 0.3 is 11.9 Å². The van der Waals surface area contributed by atoms with E-state index >= 15 is 0 Å². The lowest BCUT2D eigenvalue weighted by atomic mass is 10.4. The van der Waals surface area contributed by atoms with Crippen LogP contribution in [-0.2, 0) is 9.53 Å². The number of carboxylic acid groups (broad SMARTS) is 1. The number of ether oxygens (including phenoxy) is 2. The second-order valence-corrected chi connectivity index (χ2v) is 4.33. The molecule has 16 heavy (non-hydrogen) atoms. The smallest absolute Gasteiger partial charge is 0.352 e. The minimum atomic E-state index is -1.13. The molecule has 0 aliphatic carbocycles. The van der Waals surface area contributed by atoms with Crippen molar-refractivity contribution in [2.45, 2.75) is 6.92 Å². The summed E-state index contributed by atoms with van der Waals surface area (Å²) in [6, 6.07) is 1.39. The highest BCUT2D eigenvalue weighted by Gasteiger charge is 2.18. The molecule has 0 aromatic carbocycles. The van der Waals surface area contributed by atoms with Crippen LogP contribution in [0.4, 0.5) is 0 Å². The van der Waals surface area contributed by atoms with Crippen molar-refractivity contribution in [3.05, 3.63) is 15.3 Å². The number of rotatable bonds is 5. The van der Waals surface area contributed by atoms with Gasteiger partial charge in [0.25, 0.3) is 0 Å². The Morgan fingerprint density at radius 2 is 2.25 bits per heavy atom. The van der Waals surface area contributed by atoms with Gasteiger partial charge in [0.15, 0.2) is 11.5 Å². The molecule has 1 rings (SSSR count). The van der Waals surface area contributed by atoms with E-state index in [2.05, 4.69) is 0 Å². The highest BCUT2D eigenvalue weighted by molar-refractivity contribution is 7.18. The van der Waals surface area contributed by atoms with E-state index in [1.807, 2.05) is 0 Å². The number of hydrogen-bond donors (Lipinski definition) is 1. The molecule has 0 saturated carbocycles. The zero-order valence-electron chi connectivity index (χ0n) is 8.36. The van der Waals surface area contributed by atoms with Crippen molar-refractivity contribution in [3.8, 4) is 5.75 Å². The third-order valence-corrected chi connectivity index (χ3v) is 2.71. The van der Waals surface area contributed by atoms with E-state index < -0.39 is 18.5 Å². The lowest BCUT2D eigenvalue weighted by molar-refractivity contribution is -0.139. The van der Waals surface area contributed by atoms with Gasteiger partial charge in [0.05, 0.1) is 10.9 Å². The molecule has 0 unspecified atom stereocenters. The predicted octanol–water partition coefficient (Wildman–Crippen LogP) is 2.04. The predicted molar refractivity (Wildman–Crippen MR) is 58.4 cm³/mol. The van der Waals surface area contributed by atoms with E-state index in [0.717, 1.165) is 11.3 Å². The summed E-state index contributed by atoms with van der Waals surface area (Å²) in [5.41, 5.74) is 0. The van der Waals surface area contributed by atoms with E-state index in [1.54, 1.807) is 6.92 Å². The summed E-state index contributed by atoms with van der Waals surface area (Å²) in [7, 11) is 0. The highest BCUT2D eigenvalue weighted by Crippen LogP contribution is 2.33. The molecular formula is C9H9ClO5S. The highest BCUT2D eigenvalue weighted by atomic mass is 35.5. The summed E-state index contributed by atoms with van der Waals surface area (Å²) in [5.74, 6) is -1.56. The van der Waals surface area contributed by atoms with Crippen LogP contribution in [0.15, 0.2) is 6.07 Å². The average molecular weight is 265 g/mol. The van der Waals surface area contributed by atoms with Gasteiger partial charge in [0.1, 0.15) is 5.75 Å². The van der Waals surface area contributed by atoms with Crippen molar-refractivity contribution in [1.29, 1.82) is 0 Å². The largest absolute Gasteiger partial charge is 0.480 e. The van der Waals surface area contributed by atoms with Crippen LogP contribution in [-0.4, -0.2) is 30.3 Å². The Balaban J connectivity index is 2.82. The number of carboxylic acids is 1. The van der Waals surface area contributed by atoms with E-state index in [4.69, 9.17) is 26.2 Å². The van der Waals surface area contributed by atoms with Crippen LogP contribution in [0.2, 0.25) is 4.34 Å². The molecule has 0 radical (unpaired) electrons. The molecule has 1 heterocycles. The fourth-order valence-corrected chi connectivity index (χ4v) is 1.98. The van der Waals surface area contributed by atoms with Crippen molar-refractivity contribution in [2.24, 2.45) is 0 Å².